The van der Waals surface area contributed by atoms with Crippen molar-refractivity contribution in [1.29, 1.82) is 0 Å². The molecule has 0 radical (unpaired) electrons. The Hall–Kier alpha value is -2.67. The number of hydrogen-bond donors (Lipinski definition) is 2. The number of methoxy groups -OCH3 is 1. The van der Waals surface area contributed by atoms with Crippen molar-refractivity contribution in [2.24, 2.45) is 34.0 Å². The number of rotatable bonds is 4. The van der Waals surface area contributed by atoms with E-state index < -0.39 is 35.0 Å². The number of amides is 2. The lowest BCUT2D eigenvalue weighted by Crippen LogP contribution is -2.63. The third kappa shape index (κ3) is 3.96. The summed E-state index contributed by atoms with van der Waals surface area (Å²) in [6, 6.07) is 6.42. The standard InChI is InChI=1S/C29H39NO6/c1-7-27(4)16-22(36-26(34)30-25(33)19-8-10-20(35-6)11-9-19)28(5)17(2)12-14-29(18(3)24(27)32)15-13-21(31)23(28)29/h7-11,17-18,22-24,32H,1,12-16H2,2-6H3,(H,30,33,34)/t17-,18+,22-,23-,24+,27-,28+,29+/m1/s1. The first-order chi connectivity index (χ1) is 16.9. The fraction of sp³-hybridized carbons (Fsp3) is 0.621. The van der Waals surface area contributed by atoms with Crippen molar-refractivity contribution in [3.8, 4) is 5.75 Å². The Morgan fingerprint density at radius 1 is 1.17 bits per heavy atom. The van der Waals surface area contributed by atoms with Crippen LogP contribution in [-0.4, -0.2) is 42.2 Å². The minimum Gasteiger partial charge on any atom is -0.497 e. The Bertz CT molecular complexity index is 1050. The number of ether oxygens (including phenoxy) is 2. The van der Waals surface area contributed by atoms with Gasteiger partial charge < -0.3 is 14.6 Å². The zero-order valence-electron chi connectivity index (χ0n) is 22.0. The number of carbonyl (C=O) groups excluding carboxylic acids is 3. The van der Waals surface area contributed by atoms with Crippen molar-refractivity contribution in [2.75, 3.05) is 7.11 Å². The summed E-state index contributed by atoms with van der Waals surface area (Å²) in [6.07, 6.45) is 2.74. The second kappa shape index (κ2) is 9.33. The number of carbonyl (C=O) groups is 3. The Morgan fingerprint density at radius 3 is 2.44 bits per heavy atom. The third-order valence-electron chi connectivity index (χ3n) is 10.1. The number of Topliss-reactive ketones (excluding diaryl/α,β-unsaturated/α-hetero) is 1. The summed E-state index contributed by atoms with van der Waals surface area (Å²) in [5.41, 5.74) is -1.41. The largest absolute Gasteiger partial charge is 0.497 e. The molecular formula is C29H39NO6. The molecule has 0 aliphatic heterocycles. The Balaban J connectivity index is 1.68. The van der Waals surface area contributed by atoms with E-state index in [0.29, 0.717) is 24.2 Å². The molecule has 3 fully saturated rings. The van der Waals surface area contributed by atoms with Crippen molar-refractivity contribution < 1.29 is 29.0 Å². The lowest BCUT2D eigenvalue weighted by Gasteiger charge is -2.61. The van der Waals surface area contributed by atoms with E-state index >= 15 is 0 Å². The van der Waals surface area contributed by atoms with E-state index in [2.05, 4.69) is 32.7 Å². The predicted molar refractivity (Wildman–Crippen MR) is 135 cm³/mol. The van der Waals surface area contributed by atoms with Crippen molar-refractivity contribution >= 4 is 17.8 Å². The first-order valence-electron chi connectivity index (χ1n) is 12.9. The number of benzene rings is 1. The molecule has 0 heterocycles. The van der Waals surface area contributed by atoms with Crippen molar-refractivity contribution in [2.45, 2.75) is 72.0 Å². The van der Waals surface area contributed by atoms with Crippen LogP contribution in [0.5, 0.6) is 5.75 Å². The van der Waals surface area contributed by atoms with E-state index in [9.17, 15) is 19.5 Å². The number of aliphatic hydroxyl groups excluding tert-OH is 1. The maximum atomic E-state index is 13.4. The Kier molecular flexibility index (Phi) is 6.84. The molecule has 2 bridgehead atoms. The highest BCUT2D eigenvalue weighted by Gasteiger charge is 2.68. The molecule has 8 atom stereocenters. The zero-order valence-corrected chi connectivity index (χ0v) is 22.0. The smallest absolute Gasteiger partial charge is 0.414 e. The fourth-order valence-corrected chi connectivity index (χ4v) is 7.57. The van der Waals surface area contributed by atoms with Crippen LogP contribution in [0.2, 0.25) is 0 Å². The van der Waals surface area contributed by atoms with Crippen LogP contribution in [0.25, 0.3) is 0 Å². The molecule has 2 N–H and O–H groups in total. The highest BCUT2D eigenvalue weighted by Crippen LogP contribution is 2.67. The van der Waals surface area contributed by atoms with Crippen molar-refractivity contribution in [1.82, 2.24) is 5.32 Å². The molecule has 196 valence electrons. The summed E-state index contributed by atoms with van der Waals surface area (Å²) in [6.45, 7) is 12.2. The minimum atomic E-state index is -0.856. The van der Waals surface area contributed by atoms with Crippen LogP contribution in [0.3, 0.4) is 0 Å². The maximum absolute atomic E-state index is 13.4. The topological polar surface area (TPSA) is 102 Å². The molecule has 0 unspecified atom stereocenters. The number of aliphatic hydroxyl groups is 1. The van der Waals surface area contributed by atoms with Gasteiger partial charge in [-0.25, -0.2) is 4.79 Å². The van der Waals surface area contributed by atoms with Gasteiger partial charge in [0, 0.05) is 28.7 Å². The van der Waals surface area contributed by atoms with Gasteiger partial charge in [-0.2, -0.15) is 0 Å². The van der Waals surface area contributed by atoms with Crippen LogP contribution in [0.4, 0.5) is 4.79 Å². The number of ketones is 1. The molecule has 3 aliphatic carbocycles. The van der Waals surface area contributed by atoms with Crippen molar-refractivity contribution in [3.63, 3.8) is 0 Å². The first kappa shape index (κ1) is 26.4. The zero-order chi connectivity index (χ0) is 26.5. The van der Waals surface area contributed by atoms with Crippen molar-refractivity contribution in [3.05, 3.63) is 42.5 Å². The molecule has 0 saturated heterocycles. The van der Waals surface area contributed by atoms with Gasteiger partial charge in [0.1, 0.15) is 17.6 Å². The summed E-state index contributed by atoms with van der Waals surface area (Å²) in [7, 11) is 1.53. The van der Waals surface area contributed by atoms with Gasteiger partial charge in [0.2, 0.25) is 0 Å². The molecule has 36 heavy (non-hydrogen) atoms. The lowest BCUT2D eigenvalue weighted by molar-refractivity contribution is -0.191. The molecular weight excluding hydrogens is 458 g/mol. The van der Waals surface area contributed by atoms with E-state index in [-0.39, 0.29) is 29.0 Å². The Morgan fingerprint density at radius 2 is 1.83 bits per heavy atom. The highest BCUT2D eigenvalue weighted by molar-refractivity contribution is 6.03. The second-order valence-corrected chi connectivity index (χ2v) is 11.7. The highest BCUT2D eigenvalue weighted by atomic mass is 16.6. The average molecular weight is 498 g/mol. The summed E-state index contributed by atoms with van der Waals surface area (Å²) >= 11 is 0. The van der Waals surface area contributed by atoms with Crippen LogP contribution in [0.15, 0.2) is 36.9 Å². The Labute approximate surface area is 213 Å². The van der Waals surface area contributed by atoms with Crippen LogP contribution in [0, 0.1) is 34.0 Å². The predicted octanol–water partition coefficient (Wildman–Crippen LogP) is 4.92. The van der Waals surface area contributed by atoms with Gasteiger partial charge in [0.05, 0.1) is 13.2 Å². The van der Waals surface area contributed by atoms with Gasteiger partial charge in [0.25, 0.3) is 5.91 Å². The number of imide groups is 1. The summed E-state index contributed by atoms with van der Waals surface area (Å²) < 4.78 is 11.2. The molecule has 4 rings (SSSR count). The molecule has 3 saturated carbocycles. The molecule has 7 nitrogen and oxygen atoms in total. The number of nitrogens with one attached hydrogen (secondary N) is 1. The van der Waals surface area contributed by atoms with Crippen LogP contribution >= 0.6 is 0 Å². The van der Waals surface area contributed by atoms with Crippen LogP contribution in [0.1, 0.15) is 70.2 Å². The van der Waals surface area contributed by atoms with Crippen LogP contribution in [-0.2, 0) is 9.53 Å². The summed E-state index contributed by atoms with van der Waals surface area (Å²) in [4.78, 5) is 39.3. The maximum Gasteiger partial charge on any atom is 0.414 e. The molecule has 7 heteroatoms. The van der Waals surface area contributed by atoms with E-state index in [4.69, 9.17) is 9.47 Å². The molecule has 0 aromatic heterocycles. The van der Waals surface area contributed by atoms with Gasteiger partial charge in [-0.1, -0.05) is 33.8 Å². The minimum absolute atomic E-state index is 0.102. The molecule has 1 aromatic rings. The van der Waals surface area contributed by atoms with E-state index in [1.807, 2.05) is 6.92 Å². The van der Waals surface area contributed by atoms with E-state index in [0.717, 1.165) is 19.3 Å². The van der Waals surface area contributed by atoms with Gasteiger partial charge >= 0.3 is 6.09 Å². The fourth-order valence-electron chi connectivity index (χ4n) is 7.57. The van der Waals surface area contributed by atoms with Gasteiger partial charge in [0.15, 0.2) is 0 Å². The lowest BCUT2D eigenvalue weighted by atomic mass is 9.44. The van der Waals surface area contributed by atoms with E-state index in [1.54, 1.807) is 30.3 Å². The average Bonchev–Trinajstić information content (AvgIpc) is 3.22. The molecule has 2 amide bonds. The third-order valence-corrected chi connectivity index (χ3v) is 10.1. The quantitative estimate of drug-likeness (QED) is 0.572. The van der Waals surface area contributed by atoms with E-state index in [1.165, 1.54) is 7.11 Å². The SMILES string of the molecule is C=C[C@]1(C)C[C@@H](OC(=O)NC(=O)c2ccc(OC)cc2)[C@]2(C)[C@H](C)CC[C@]3(CCC(=O)[C@@H]32)[C@@H](C)[C@@H]1O. The molecule has 0 spiro atoms. The first-order valence-corrected chi connectivity index (χ1v) is 12.9. The van der Waals surface area contributed by atoms with Gasteiger partial charge in [-0.15, -0.1) is 6.58 Å². The summed E-state index contributed by atoms with van der Waals surface area (Å²) in [5, 5.41) is 13.9. The number of hydrogen-bond acceptors (Lipinski definition) is 6. The number of alkyl carbamates (subject to hydrolysis) is 1. The second-order valence-electron chi connectivity index (χ2n) is 11.7. The van der Waals surface area contributed by atoms with Gasteiger partial charge in [-0.3, -0.25) is 14.9 Å². The summed E-state index contributed by atoms with van der Waals surface area (Å²) in [5.74, 6) is -0.0956. The normalized spacial score (nSPS) is 39.8. The van der Waals surface area contributed by atoms with Gasteiger partial charge in [-0.05, 0) is 67.2 Å². The molecule has 1 aromatic carbocycles. The van der Waals surface area contributed by atoms with Crippen LogP contribution < -0.4 is 10.1 Å². The monoisotopic (exact) mass is 497 g/mol. The molecule has 3 aliphatic rings.